The van der Waals surface area contributed by atoms with Crippen LogP contribution in [0, 0.1) is 6.92 Å². The maximum atomic E-state index is 12.4. The van der Waals surface area contributed by atoms with Crippen molar-refractivity contribution in [1.82, 2.24) is 25.2 Å². The molecule has 0 saturated carbocycles. The molecule has 166 valence electrons. The number of aryl methyl sites for hydroxylation is 1. The third-order valence-electron chi connectivity index (χ3n) is 5.06. The van der Waals surface area contributed by atoms with Crippen molar-refractivity contribution >= 4 is 5.91 Å². The maximum Gasteiger partial charge on any atom is 0.316 e. The fourth-order valence-corrected chi connectivity index (χ4v) is 3.29. The van der Waals surface area contributed by atoms with Crippen LogP contribution in [-0.2, 0) is 13.1 Å². The Hall–Kier alpha value is -4.47. The highest BCUT2D eigenvalue weighted by Gasteiger charge is 2.17. The average Bonchev–Trinajstić information content (AvgIpc) is 3.49. The van der Waals surface area contributed by atoms with Gasteiger partial charge in [0.1, 0.15) is 6.54 Å². The molecule has 10 nitrogen and oxygen atoms in total. The lowest BCUT2D eigenvalue weighted by Gasteiger charge is -2.05. The molecule has 2 aromatic heterocycles. The van der Waals surface area contributed by atoms with E-state index in [1.54, 1.807) is 18.2 Å². The Morgan fingerprint density at radius 2 is 1.88 bits per heavy atom. The predicted octanol–water partition coefficient (Wildman–Crippen LogP) is 2.31. The zero-order chi connectivity index (χ0) is 22.8. The van der Waals surface area contributed by atoms with Crippen LogP contribution in [0.1, 0.15) is 27.6 Å². The van der Waals surface area contributed by atoms with Gasteiger partial charge in [-0.1, -0.05) is 41.1 Å². The molecule has 0 aliphatic carbocycles. The number of hydrogen-bond donors (Lipinski definition) is 1. The number of fused-ring (bicyclic) bond motifs is 1. The Bertz CT molecular complexity index is 1380. The second kappa shape index (κ2) is 8.58. The van der Waals surface area contributed by atoms with Crippen molar-refractivity contribution in [3.8, 4) is 22.8 Å². The molecule has 0 fully saturated rings. The fourth-order valence-electron chi connectivity index (χ4n) is 3.29. The summed E-state index contributed by atoms with van der Waals surface area (Å²) in [6, 6.07) is 16.3. The van der Waals surface area contributed by atoms with Gasteiger partial charge in [0, 0.05) is 18.2 Å². The second-order valence-corrected chi connectivity index (χ2v) is 7.47. The van der Waals surface area contributed by atoms with E-state index in [0.717, 1.165) is 16.7 Å². The monoisotopic (exact) mass is 445 g/mol. The van der Waals surface area contributed by atoms with Crippen molar-refractivity contribution in [1.29, 1.82) is 0 Å². The van der Waals surface area contributed by atoms with E-state index in [0.29, 0.717) is 17.2 Å². The van der Waals surface area contributed by atoms with E-state index in [1.807, 2.05) is 37.3 Å². The van der Waals surface area contributed by atoms with Crippen LogP contribution < -0.4 is 20.3 Å². The van der Waals surface area contributed by atoms with Crippen LogP contribution in [0.25, 0.3) is 11.3 Å². The molecule has 0 atom stereocenters. The summed E-state index contributed by atoms with van der Waals surface area (Å²) >= 11 is 0. The number of ether oxygens (including phenoxy) is 2. The third-order valence-corrected chi connectivity index (χ3v) is 5.06. The second-order valence-electron chi connectivity index (χ2n) is 7.47. The molecule has 1 N–H and O–H groups in total. The Balaban J connectivity index is 1.26. The first-order valence-electron chi connectivity index (χ1n) is 10.2. The summed E-state index contributed by atoms with van der Waals surface area (Å²) in [5, 5.41) is 10.9. The molecular formula is C23H19N5O5. The highest BCUT2D eigenvalue weighted by Crippen LogP contribution is 2.32. The number of aromatic nitrogens is 4. The van der Waals surface area contributed by atoms with Gasteiger partial charge in [-0.25, -0.2) is 4.68 Å². The Morgan fingerprint density at radius 1 is 1.06 bits per heavy atom. The Labute approximate surface area is 187 Å². The van der Waals surface area contributed by atoms with Crippen molar-refractivity contribution in [2.24, 2.45) is 0 Å². The molecule has 0 spiro atoms. The minimum absolute atomic E-state index is 0.0303. The molecule has 1 amide bonds. The molecule has 10 heteroatoms. The van der Waals surface area contributed by atoms with E-state index in [1.165, 1.54) is 10.7 Å². The van der Waals surface area contributed by atoms with Gasteiger partial charge in [-0.3, -0.25) is 9.59 Å². The largest absolute Gasteiger partial charge is 0.454 e. The summed E-state index contributed by atoms with van der Waals surface area (Å²) in [5.41, 5.74) is 3.16. The van der Waals surface area contributed by atoms with Gasteiger partial charge in [0.05, 0.1) is 5.69 Å². The van der Waals surface area contributed by atoms with E-state index in [4.69, 9.17) is 14.0 Å². The molecule has 5 rings (SSSR count). The van der Waals surface area contributed by atoms with Gasteiger partial charge in [0.15, 0.2) is 17.3 Å². The predicted molar refractivity (Wildman–Crippen MR) is 116 cm³/mol. The van der Waals surface area contributed by atoms with Gasteiger partial charge < -0.3 is 19.3 Å². The van der Waals surface area contributed by atoms with Crippen LogP contribution in [-0.4, -0.2) is 32.6 Å². The number of nitrogens with zero attached hydrogens (tertiary/aromatic N) is 4. The molecule has 0 unspecified atom stereocenters. The lowest BCUT2D eigenvalue weighted by Crippen LogP contribution is -2.24. The zero-order valence-corrected chi connectivity index (χ0v) is 17.6. The lowest BCUT2D eigenvalue weighted by atomic mass is 10.1. The quantitative estimate of drug-likeness (QED) is 0.480. The first-order valence-corrected chi connectivity index (χ1v) is 10.2. The first kappa shape index (κ1) is 20.4. The smallest absolute Gasteiger partial charge is 0.316 e. The van der Waals surface area contributed by atoms with E-state index in [2.05, 4.69) is 20.6 Å². The first-order chi connectivity index (χ1) is 16.0. The lowest BCUT2D eigenvalue weighted by molar-refractivity contribution is 0.0907. The topological polar surface area (TPSA) is 121 Å². The van der Waals surface area contributed by atoms with Crippen molar-refractivity contribution < 1.29 is 18.8 Å². The van der Waals surface area contributed by atoms with E-state index in [9.17, 15) is 9.59 Å². The summed E-state index contributed by atoms with van der Waals surface area (Å²) in [6.07, 6.45) is 0. The normalized spacial score (nSPS) is 12.0. The van der Waals surface area contributed by atoms with Gasteiger partial charge in [-0.2, -0.15) is 10.1 Å². The number of nitrogens with one attached hydrogen (secondary N) is 1. The van der Waals surface area contributed by atoms with Crippen molar-refractivity contribution in [2.45, 2.75) is 20.0 Å². The Morgan fingerprint density at radius 3 is 2.73 bits per heavy atom. The number of amides is 1. The van der Waals surface area contributed by atoms with Crippen LogP contribution in [0.4, 0.5) is 0 Å². The fraction of sp³-hybridized carbons (Fsp3) is 0.174. The van der Waals surface area contributed by atoms with Crippen LogP contribution >= 0.6 is 0 Å². The molecule has 2 aromatic carbocycles. The van der Waals surface area contributed by atoms with Gasteiger partial charge >= 0.3 is 11.8 Å². The van der Waals surface area contributed by atoms with Crippen LogP contribution in [0.3, 0.4) is 0 Å². The standard InChI is InChI=1S/C23H19N5O5/c1-14-2-5-16(6-3-14)17-7-9-21(29)28(26-17)12-20-25-23(33-27-20)22(30)24-11-15-4-8-18-19(10-15)32-13-31-18/h2-10H,11-13H2,1H3,(H,24,30). The van der Waals surface area contributed by atoms with E-state index < -0.39 is 5.91 Å². The number of carbonyl (C=O) groups is 1. The molecule has 0 bridgehead atoms. The Kier molecular flexibility index (Phi) is 5.31. The van der Waals surface area contributed by atoms with Crippen LogP contribution in [0.2, 0.25) is 0 Å². The summed E-state index contributed by atoms with van der Waals surface area (Å²) < 4.78 is 16.9. The molecule has 0 saturated heterocycles. The zero-order valence-electron chi connectivity index (χ0n) is 17.6. The van der Waals surface area contributed by atoms with Gasteiger partial charge in [-0.15, -0.1) is 0 Å². The molecular weight excluding hydrogens is 426 g/mol. The van der Waals surface area contributed by atoms with Crippen LogP contribution in [0.15, 0.2) is 63.9 Å². The van der Waals surface area contributed by atoms with Gasteiger partial charge in [-0.05, 0) is 30.7 Å². The van der Waals surface area contributed by atoms with Gasteiger partial charge in [0.25, 0.3) is 5.56 Å². The number of carbonyl (C=O) groups excluding carboxylic acids is 1. The molecule has 33 heavy (non-hydrogen) atoms. The van der Waals surface area contributed by atoms with Crippen LogP contribution in [0.5, 0.6) is 11.5 Å². The minimum Gasteiger partial charge on any atom is -0.454 e. The maximum absolute atomic E-state index is 12.4. The van der Waals surface area contributed by atoms with E-state index in [-0.39, 0.29) is 37.2 Å². The molecule has 1 aliphatic rings. The van der Waals surface area contributed by atoms with Gasteiger partial charge in [0.2, 0.25) is 6.79 Å². The van der Waals surface area contributed by atoms with Crippen molar-refractivity contribution in [3.63, 3.8) is 0 Å². The summed E-state index contributed by atoms with van der Waals surface area (Å²) in [7, 11) is 0. The van der Waals surface area contributed by atoms with Crippen molar-refractivity contribution in [2.75, 3.05) is 6.79 Å². The molecule has 0 radical (unpaired) electrons. The summed E-state index contributed by atoms with van der Waals surface area (Å²) in [4.78, 5) is 28.8. The van der Waals surface area contributed by atoms with Crippen molar-refractivity contribution in [3.05, 3.63) is 87.8 Å². The summed E-state index contributed by atoms with van der Waals surface area (Å²) in [5.74, 6) is 0.738. The highest BCUT2D eigenvalue weighted by molar-refractivity contribution is 5.89. The third kappa shape index (κ3) is 4.45. The average molecular weight is 445 g/mol. The molecule has 1 aliphatic heterocycles. The summed E-state index contributed by atoms with van der Waals surface area (Å²) in [6.45, 7) is 2.39. The number of benzene rings is 2. The molecule has 4 aromatic rings. The number of rotatable bonds is 6. The van der Waals surface area contributed by atoms with E-state index >= 15 is 0 Å². The number of hydrogen-bond acceptors (Lipinski definition) is 8. The highest BCUT2D eigenvalue weighted by atomic mass is 16.7. The minimum atomic E-state index is -0.528. The molecule has 3 heterocycles. The SMILES string of the molecule is Cc1ccc(-c2ccc(=O)n(Cc3noc(C(=O)NCc4ccc5c(c4)OCO5)n3)n2)cc1.